The molecule has 0 aromatic heterocycles. The first-order valence-electron chi connectivity index (χ1n) is 3.52. The van der Waals surface area contributed by atoms with Crippen molar-refractivity contribution in [3.63, 3.8) is 0 Å². The fourth-order valence-corrected chi connectivity index (χ4v) is 1.10. The molecule has 0 radical (unpaired) electrons. The molecule has 0 fully saturated rings. The summed E-state index contributed by atoms with van der Waals surface area (Å²) in [6, 6.07) is 6.92. The second-order valence-corrected chi connectivity index (χ2v) is 2.70. The van der Waals surface area contributed by atoms with E-state index in [0.29, 0.717) is 12.0 Å². The van der Waals surface area contributed by atoms with Crippen LogP contribution in [0.5, 0.6) is 0 Å². The maximum atomic E-state index is 8.82. The molecular weight excluding hydrogens is 176 g/mol. The minimum absolute atomic E-state index is 0.472. The van der Waals surface area contributed by atoms with Gasteiger partial charge in [-0.15, -0.1) is 0 Å². The van der Waals surface area contributed by atoms with Crippen molar-refractivity contribution in [1.29, 1.82) is 0 Å². The number of rotatable bonds is 3. The van der Waals surface area contributed by atoms with E-state index in [-0.39, 0.29) is 0 Å². The van der Waals surface area contributed by atoms with Gasteiger partial charge in [-0.25, -0.2) is 4.84 Å². The molecule has 0 saturated carbocycles. The van der Waals surface area contributed by atoms with Crippen LogP contribution in [0.25, 0.3) is 0 Å². The number of nitrogens with one attached hydrogen (secondary N) is 1. The lowest BCUT2D eigenvalue weighted by Gasteiger charge is -2.02. The van der Waals surface area contributed by atoms with Crippen LogP contribution >= 0.6 is 11.8 Å². The van der Waals surface area contributed by atoms with Crippen LogP contribution in [-0.4, -0.2) is 17.2 Å². The first-order chi connectivity index (χ1) is 5.74. The lowest BCUT2D eigenvalue weighted by Crippen LogP contribution is -2.30. The van der Waals surface area contributed by atoms with Gasteiger partial charge >= 0.3 is 7.12 Å². The summed E-state index contributed by atoms with van der Waals surface area (Å²) in [6.45, 7) is 0.502. The van der Waals surface area contributed by atoms with Crippen LogP contribution in [0.15, 0.2) is 24.3 Å². The standard InChI is InChI=1S/C7H9BClNO2/c9-10-5-6-2-1-3-7(4-6)8(11)12/h1-4,10-12H,5H2. The first kappa shape index (κ1) is 9.54. The first-order valence-corrected chi connectivity index (χ1v) is 3.90. The molecule has 3 N–H and O–H groups in total. The third-order valence-electron chi connectivity index (χ3n) is 1.52. The van der Waals surface area contributed by atoms with Crippen molar-refractivity contribution < 1.29 is 10.0 Å². The van der Waals surface area contributed by atoms with Crippen molar-refractivity contribution in [2.75, 3.05) is 0 Å². The van der Waals surface area contributed by atoms with E-state index in [2.05, 4.69) is 4.84 Å². The molecule has 0 unspecified atom stereocenters. The lowest BCUT2D eigenvalue weighted by molar-refractivity contribution is 0.425. The number of hydrogen-bond donors (Lipinski definition) is 3. The largest absolute Gasteiger partial charge is 0.488 e. The quantitative estimate of drug-likeness (QED) is 0.444. The van der Waals surface area contributed by atoms with Crippen molar-refractivity contribution in [2.45, 2.75) is 6.54 Å². The van der Waals surface area contributed by atoms with Crippen molar-refractivity contribution in [3.8, 4) is 0 Å². The molecule has 0 spiro atoms. The number of halogens is 1. The molecule has 3 nitrogen and oxygen atoms in total. The summed E-state index contributed by atoms with van der Waals surface area (Å²) in [5, 5.41) is 17.6. The van der Waals surface area contributed by atoms with Crippen molar-refractivity contribution in [2.24, 2.45) is 0 Å². The predicted molar refractivity (Wildman–Crippen MR) is 49.0 cm³/mol. The Bertz CT molecular complexity index is 257. The molecule has 0 aliphatic rings. The topological polar surface area (TPSA) is 52.5 Å². The minimum atomic E-state index is -1.42. The van der Waals surface area contributed by atoms with E-state index in [1.807, 2.05) is 6.07 Å². The van der Waals surface area contributed by atoms with Crippen LogP contribution < -0.4 is 10.3 Å². The van der Waals surface area contributed by atoms with E-state index < -0.39 is 7.12 Å². The molecule has 0 amide bonds. The SMILES string of the molecule is OB(O)c1cccc(CNCl)c1. The van der Waals surface area contributed by atoms with Crippen LogP contribution in [-0.2, 0) is 6.54 Å². The third kappa shape index (κ3) is 2.50. The fourth-order valence-electron chi connectivity index (χ4n) is 0.941. The van der Waals surface area contributed by atoms with E-state index in [4.69, 9.17) is 21.8 Å². The molecule has 0 aliphatic carbocycles. The highest BCUT2D eigenvalue weighted by atomic mass is 35.5. The van der Waals surface area contributed by atoms with E-state index in [1.165, 1.54) is 0 Å². The molecule has 0 saturated heterocycles. The third-order valence-corrected chi connectivity index (χ3v) is 1.65. The molecule has 1 rings (SSSR count). The zero-order chi connectivity index (χ0) is 8.97. The summed E-state index contributed by atoms with van der Waals surface area (Å²) in [7, 11) is -1.42. The molecule has 12 heavy (non-hydrogen) atoms. The zero-order valence-corrected chi connectivity index (χ0v) is 7.12. The highest BCUT2D eigenvalue weighted by Crippen LogP contribution is 1.96. The molecule has 0 heterocycles. The van der Waals surface area contributed by atoms with Crippen molar-refractivity contribution in [1.82, 2.24) is 4.84 Å². The average molecular weight is 185 g/mol. The smallest absolute Gasteiger partial charge is 0.423 e. The summed E-state index contributed by atoms with van der Waals surface area (Å²) in [5.41, 5.74) is 1.38. The van der Waals surface area contributed by atoms with Gasteiger partial charge in [0.15, 0.2) is 0 Å². The van der Waals surface area contributed by atoms with Gasteiger partial charge in [0.1, 0.15) is 0 Å². The summed E-state index contributed by atoms with van der Waals surface area (Å²) < 4.78 is 0. The van der Waals surface area contributed by atoms with Gasteiger partial charge in [0.2, 0.25) is 0 Å². The summed E-state index contributed by atoms with van der Waals surface area (Å²) in [4.78, 5) is 2.46. The van der Waals surface area contributed by atoms with Crippen LogP contribution in [0, 0.1) is 0 Å². The Hall–Kier alpha value is -0.545. The van der Waals surface area contributed by atoms with Crippen LogP contribution in [0.2, 0.25) is 0 Å². The summed E-state index contributed by atoms with van der Waals surface area (Å²) in [5.74, 6) is 0. The van der Waals surface area contributed by atoms with Crippen LogP contribution in [0.4, 0.5) is 0 Å². The Morgan fingerprint density at radius 2 is 2.17 bits per heavy atom. The lowest BCUT2D eigenvalue weighted by atomic mass is 9.80. The molecule has 5 heteroatoms. The minimum Gasteiger partial charge on any atom is -0.423 e. The van der Waals surface area contributed by atoms with Gasteiger partial charge in [0.25, 0.3) is 0 Å². The van der Waals surface area contributed by atoms with Gasteiger partial charge in [0, 0.05) is 6.54 Å². The van der Waals surface area contributed by atoms with Gasteiger partial charge in [0.05, 0.1) is 0 Å². The molecule has 64 valence electrons. The number of benzene rings is 1. The maximum Gasteiger partial charge on any atom is 0.488 e. The van der Waals surface area contributed by atoms with Gasteiger partial charge in [-0.3, -0.25) is 0 Å². The molecule has 1 aromatic rings. The van der Waals surface area contributed by atoms with Gasteiger partial charge < -0.3 is 10.0 Å². The van der Waals surface area contributed by atoms with E-state index in [0.717, 1.165) is 5.56 Å². The molecule has 1 aromatic carbocycles. The Morgan fingerprint density at radius 1 is 1.42 bits per heavy atom. The van der Waals surface area contributed by atoms with Gasteiger partial charge in [-0.1, -0.05) is 24.3 Å². The normalized spacial score (nSPS) is 9.92. The Morgan fingerprint density at radius 3 is 2.75 bits per heavy atom. The Labute approximate surface area is 76.2 Å². The molecule has 0 bridgehead atoms. The Kier molecular flexibility index (Phi) is 3.56. The van der Waals surface area contributed by atoms with E-state index in [1.54, 1.807) is 18.2 Å². The second kappa shape index (κ2) is 4.47. The number of hydrogen-bond acceptors (Lipinski definition) is 3. The van der Waals surface area contributed by atoms with E-state index in [9.17, 15) is 0 Å². The van der Waals surface area contributed by atoms with Crippen molar-refractivity contribution in [3.05, 3.63) is 29.8 Å². The predicted octanol–water partition coefficient (Wildman–Crippen LogP) is -0.390. The summed E-state index contributed by atoms with van der Waals surface area (Å²) in [6.07, 6.45) is 0. The maximum absolute atomic E-state index is 8.82. The van der Waals surface area contributed by atoms with Crippen LogP contribution in [0.3, 0.4) is 0 Å². The highest BCUT2D eigenvalue weighted by molar-refractivity contribution is 6.58. The second-order valence-electron chi connectivity index (χ2n) is 2.43. The van der Waals surface area contributed by atoms with Gasteiger partial charge in [-0.05, 0) is 22.8 Å². The van der Waals surface area contributed by atoms with E-state index >= 15 is 0 Å². The fraction of sp³-hybridized carbons (Fsp3) is 0.143. The average Bonchev–Trinajstić information content (AvgIpc) is 2.05. The Balaban J connectivity index is 2.81. The summed E-state index contributed by atoms with van der Waals surface area (Å²) >= 11 is 5.29. The zero-order valence-electron chi connectivity index (χ0n) is 6.37. The van der Waals surface area contributed by atoms with Gasteiger partial charge in [-0.2, -0.15) is 0 Å². The van der Waals surface area contributed by atoms with Crippen molar-refractivity contribution >= 4 is 24.4 Å². The molecule has 0 aliphatic heterocycles. The highest BCUT2D eigenvalue weighted by Gasteiger charge is 2.09. The molecule has 0 atom stereocenters. The monoisotopic (exact) mass is 185 g/mol. The molecular formula is C7H9BClNO2. The van der Waals surface area contributed by atoms with Crippen LogP contribution in [0.1, 0.15) is 5.56 Å².